The van der Waals surface area contributed by atoms with Gasteiger partial charge in [0.25, 0.3) is 0 Å². The SMILES string of the molecule is COC(=O)C(C)NCCCN1CCCCC1. The molecular weight excluding hydrogens is 204 g/mol. The van der Waals surface area contributed by atoms with E-state index in [1.54, 1.807) is 0 Å². The van der Waals surface area contributed by atoms with Crippen molar-refractivity contribution in [3.63, 3.8) is 0 Å². The van der Waals surface area contributed by atoms with Crippen LogP contribution in [-0.2, 0) is 9.53 Å². The van der Waals surface area contributed by atoms with E-state index in [-0.39, 0.29) is 12.0 Å². The minimum absolute atomic E-state index is 0.182. The van der Waals surface area contributed by atoms with Gasteiger partial charge >= 0.3 is 5.97 Å². The molecule has 0 aromatic carbocycles. The summed E-state index contributed by atoms with van der Waals surface area (Å²) in [7, 11) is 1.42. The molecule has 1 atom stereocenters. The first kappa shape index (κ1) is 13.5. The van der Waals surface area contributed by atoms with Crippen molar-refractivity contribution in [2.75, 3.05) is 33.3 Å². The van der Waals surface area contributed by atoms with Crippen LogP contribution in [0.25, 0.3) is 0 Å². The highest BCUT2D eigenvalue weighted by Gasteiger charge is 2.12. The third-order valence-electron chi connectivity index (χ3n) is 3.11. The molecule has 94 valence electrons. The van der Waals surface area contributed by atoms with Crippen molar-refractivity contribution < 1.29 is 9.53 Å². The highest BCUT2D eigenvalue weighted by molar-refractivity contribution is 5.74. The van der Waals surface area contributed by atoms with E-state index in [9.17, 15) is 4.79 Å². The van der Waals surface area contributed by atoms with Crippen molar-refractivity contribution in [2.24, 2.45) is 0 Å². The fourth-order valence-corrected chi connectivity index (χ4v) is 2.06. The molecule has 4 heteroatoms. The maximum absolute atomic E-state index is 11.1. The molecule has 0 amide bonds. The smallest absolute Gasteiger partial charge is 0.322 e. The van der Waals surface area contributed by atoms with Gasteiger partial charge in [0, 0.05) is 0 Å². The van der Waals surface area contributed by atoms with Gasteiger partial charge in [-0.1, -0.05) is 6.42 Å². The first-order valence-electron chi connectivity index (χ1n) is 6.27. The molecule has 1 saturated heterocycles. The molecule has 1 heterocycles. The minimum atomic E-state index is -0.189. The molecule has 0 radical (unpaired) electrons. The largest absolute Gasteiger partial charge is 0.468 e. The molecule has 0 spiro atoms. The Morgan fingerprint density at radius 3 is 2.69 bits per heavy atom. The van der Waals surface area contributed by atoms with Gasteiger partial charge in [0.2, 0.25) is 0 Å². The van der Waals surface area contributed by atoms with Crippen LogP contribution in [-0.4, -0.2) is 50.2 Å². The fourth-order valence-electron chi connectivity index (χ4n) is 2.06. The number of carbonyl (C=O) groups excluding carboxylic acids is 1. The van der Waals surface area contributed by atoms with E-state index in [0.717, 1.165) is 19.5 Å². The molecule has 0 aromatic heterocycles. The predicted molar refractivity (Wildman–Crippen MR) is 64.4 cm³/mol. The second-order valence-electron chi connectivity index (χ2n) is 4.45. The Kier molecular flexibility index (Phi) is 6.42. The molecule has 1 fully saturated rings. The number of rotatable bonds is 6. The average Bonchev–Trinajstić information content (AvgIpc) is 2.34. The van der Waals surface area contributed by atoms with E-state index in [1.807, 2.05) is 6.92 Å². The van der Waals surface area contributed by atoms with E-state index < -0.39 is 0 Å². The summed E-state index contributed by atoms with van der Waals surface area (Å²) in [6.07, 6.45) is 5.16. The zero-order chi connectivity index (χ0) is 11.8. The highest BCUT2D eigenvalue weighted by atomic mass is 16.5. The lowest BCUT2D eigenvalue weighted by atomic mass is 10.1. The van der Waals surface area contributed by atoms with Gasteiger partial charge in [-0.15, -0.1) is 0 Å². The second kappa shape index (κ2) is 7.63. The van der Waals surface area contributed by atoms with Crippen LogP contribution in [0, 0.1) is 0 Å². The van der Waals surface area contributed by atoms with Crippen LogP contribution in [0.15, 0.2) is 0 Å². The van der Waals surface area contributed by atoms with Gasteiger partial charge in [-0.25, -0.2) is 0 Å². The fraction of sp³-hybridized carbons (Fsp3) is 0.917. The zero-order valence-corrected chi connectivity index (χ0v) is 10.5. The lowest BCUT2D eigenvalue weighted by Gasteiger charge is -2.26. The van der Waals surface area contributed by atoms with Gasteiger partial charge in [0.15, 0.2) is 0 Å². The lowest BCUT2D eigenvalue weighted by molar-refractivity contribution is -0.142. The summed E-state index contributed by atoms with van der Waals surface area (Å²) in [4.78, 5) is 13.6. The van der Waals surface area contributed by atoms with E-state index in [2.05, 4.69) is 15.0 Å². The number of hydrogen-bond acceptors (Lipinski definition) is 4. The Morgan fingerprint density at radius 2 is 2.06 bits per heavy atom. The van der Waals surface area contributed by atoms with Crippen molar-refractivity contribution in [3.05, 3.63) is 0 Å². The highest BCUT2D eigenvalue weighted by Crippen LogP contribution is 2.08. The first-order valence-corrected chi connectivity index (χ1v) is 6.27. The minimum Gasteiger partial charge on any atom is -0.468 e. The van der Waals surface area contributed by atoms with Gasteiger partial charge < -0.3 is 15.0 Å². The van der Waals surface area contributed by atoms with Crippen LogP contribution in [0.2, 0.25) is 0 Å². The number of esters is 1. The number of methoxy groups -OCH3 is 1. The summed E-state index contributed by atoms with van der Waals surface area (Å²) < 4.78 is 4.65. The molecule has 1 unspecified atom stereocenters. The standard InChI is InChI=1S/C12H24N2O2/c1-11(12(15)16-2)13-7-6-10-14-8-4-3-5-9-14/h11,13H,3-10H2,1-2H3. The molecule has 0 aliphatic carbocycles. The summed E-state index contributed by atoms with van der Waals surface area (Å²) in [6.45, 7) is 6.35. The molecule has 1 aliphatic rings. The molecule has 1 rings (SSSR count). The van der Waals surface area contributed by atoms with Crippen LogP contribution < -0.4 is 5.32 Å². The van der Waals surface area contributed by atoms with Gasteiger partial charge in [0.05, 0.1) is 7.11 Å². The summed E-state index contributed by atoms with van der Waals surface area (Å²) in [6, 6.07) is -0.189. The second-order valence-corrected chi connectivity index (χ2v) is 4.45. The normalized spacial score (nSPS) is 19.4. The maximum atomic E-state index is 11.1. The first-order chi connectivity index (χ1) is 7.74. The number of nitrogens with zero attached hydrogens (tertiary/aromatic N) is 1. The maximum Gasteiger partial charge on any atom is 0.322 e. The van der Waals surface area contributed by atoms with Gasteiger partial charge in [-0.2, -0.15) is 0 Å². The van der Waals surface area contributed by atoms with Crippen LogP contribution in [0.3, 0.4) is 0 Å². The van der Waals surface area contributed by atoms with Gasteiger partial charge in [-0.05, 0) is 52.4 Å². The molecule has 0 aromatic rings. The van der Waals surface area contributed by atoms with Crippen LogP contribution in [0.4, 0.5) is 0 Å². The predicted octanol–water partition coefficient (Wildman–Crippen LogP) is 1.01. The van der Waals surface area contributed by atoms with Crippen molar-refractivity contribution in [1.29, 1.82) is 0 Å². The molecule has 1 N–H and O–H groups in total. The van der Waals surface area contributed by atoms with Crippen molar-refractivity contribution >= 4 is 5.97 Å². The average molecular weight is 228 g/mol. The Hall–Kier alpha value is -0.610. The Bertz CT molecular complexity index is 203. The number of likely N-dealkylation sites (tertiary alicyclic amines) is 1. The molecule has 4 nitrogen and oxygen atoms in total. The summed E-state index contributed by atoms with van der Waals surface area (Å²) in [5, 5.41) is 3.17. The van der Waals surface area contributed by atoms with Crippen LogP contribution >= 0.6 is 0 Å². The van der Waals surface area contributed by atoms with Gasteiger partial charge in [-0.3, -0.25) is 4.79 Å². The lowest BCUT2D eigenvalue weighted by Crippen LogP contribution is -2.37. The van der Waals surface area contributed by atoms with E-state index in [0.29, 0.717) is 0 Å². The van der Waals surface area contributed by atoms with Crippen LogP contribution in [0.1, 0.15) is 32.6 Å². The Balaban J connectivity index is 2.00. The van der Waals surface area contributed by atoms with E-state index >= 15 is 0 Å². The molecule has 0 bridgehead atoms. The topological polar surface area (TPSA) is 41.6 Å². The van der Waals surface area contributed by atoms with E-state index in [1.165, 1.54) is 39.5 Å². The van der Waals surface area contributed by atoms with E-state index in [4.69, 9.17) is 0 Å². The molecule has 16 heavy (non-hydrogen) atoms. The summed E-state index contributed by atoms with van der Waals surface area (Å²) >= 11 is 0. The number of ether oxygens (including phenoxy) is 1. The monoisotopic (exact) mass is 228 g/mol. The van der Waals surface area contributed by atoms with Crippen LogP contribution in [0.5, 0.6) is 0 Å². The summed E-state index contributed by atoms with van der Waals surface area (Å²) in [5.74, 6) is -0.182. The molecule has 1 aliphatic heterocycles. The van der Waals surface area contributed by atoms with Crippen molar-refractivity contribution in [1.82, 2.24) is 10.2 Å². The number of hydrogen-bond donors (Lipinski definition) is 1. The zero-order valence-electron chi connectivity index (χ0n) is 10.5. The number of piperidine rings is 1. The summed E-state index contributed by atoms with van der Waals surface area (Å²) in [5.41, 5.74) is 0. The third kappa shape index (κ3) is 4.94. The molecular formula is C12H24N2O2. The quantitative estimate of drug-likeness (QED) is 0.544. The third-order valence-corrected chi connectivity index (χ3v) is 3.11. The van der Waals surface area contributed by atoms with Crippen molar-refractivity contribution in [2.45, 2.75) is 38.6 Å². The molecule has 0 saturated carbocycles. The Labute approximate surface area is 98.3 Å². The van der Waals surface area contributed by atoms with Gasteiger partial charge in [0.1, 0.15) is 6.04 Å². The van der Waals surface area contributed by atoms with Crippen molar-refractivity contribution in [3.8, 4) is 0 Å². The number of nitrogens with one attached hydrogen (secondary N) is 1. The Morgan fingerprint density at radius 1 is 1.38 bits per heavy atom. The number of carbonyl (C=O) groups is 1.